The van der Waals surface area contributed by atoms with E-state index in [0.717, 1.165) is 51.4 Å². The van der Waals surface area contributed by atoms with Crippen molar-refractivity contribution in [3.8, 4) is 0 Å². The normalized spacial score (nSPS) is 23.4. The monoisotopic (exact) mass is 602 g/mol. The van der Waals surface area contributed by atoms with Crippen LogP contribution in [0.25, 0.3) is 0 Å². The van der Waals surface area contributed by atoms with Crippen molar-refractivity contribution < 1.29 is 37.3 Å². The number of hydrogen-bond acceptors (Lipinski definition) is 10. The molecule has 0 unspecified atom stereocenters. The van der Waals surface area contributed by atoms with Crippen LogP contribution in [0.15, 0.2) is 0 Å². The zero-order valence-corrected chi connectivity index (χ0v) is 27.8. The van der Waals surface area contributed by atoms with Gasteiger partial charge in [0.05, 0.1) is 0 Å². The van der Waals surface area contributed by atoms with Gasteiger partial charge in [0.25, 0.3) is 0 Å². The van der Waals surface area contributed by atoms with Gasteiger partial charge in [0.2, 0.25) is 0 Å². The molecule has 2 fully saturated rings. The number of carboxylic acid groups (broad SMARTS) is 2. The van der Waals surface area contributed by atoms with Crippen molar-refractivity contribution in [3.05, 3.63) is 0 Å². The van der Waals surface area contributed by atoms with Crippen molar-refractivity contribution in [3.63, 3.8) is 0 Å². The number of hydrogen-bond donors (Lipinski definition) is 0. The highest BCUT2D eigenvalue weighted by molar-refractivity contribution is 7.79. The number of carboxylic acids is 2. The fraction of sp³-hybridized carbons (Fsp3) is 0.933. The van der Waals surface area contributed by atoms with Crippen LogP contribution >= 0.6 is 0 Å². The highest BCUT2D eigenvalue weighted by Crippen LogP contribution is 2.57. The van der Waals surface area contributed by atoms with Crippen molar-refractivity contribution in [1.29, 1.82) is 0 Å². The van der Waals surface area contributed by atoms with Crippen molar-refractivity contribution in [2.75, 3.05) is 14.1 Å². The number of aliphatic carboxylic acids is 2. The second-order valence-corrected chi connectivity index (χ2v) is 15.8. The summed E-state index contributed by atoms with van der Waals surface area (Å²) in [7, 11) is -0.823. The van der Waals surface area contributed by atoms with Crippen LogP contribution in [0.1, 0.15) is 126 Å². The number of rotatable bonds is 11. The van der Waals surface area contributed by atoms with Crippen molar-refractivity contribution in [2.24, 2.45) is 17.3 Å². The van der Waals surface area contributed by atoms with Crippen LogP contribution in [-0.4, -0.2) is 75.5 Å². The molecule has 0 spiro atoms. The van der Waals surface area contributed by atoms with Gasteiger partial charge in [-0.1, -0.05) is 25.7 Å². The highest BCUT2D eigenvalue weighted by atomic mass is 32.3. The van der Waals surface area contributed by atoms with Gasteiger partial charge < -0.3 is 28.9 Å². The van der Waals surface area contributed by atoms with Gasteiger partial charge in [0, 0.05) is 49.9 Å². The largest absolute Gasteiger partial charge is 0.759 e. The Bertz CT molecular complexity index is 920. The second-order valence-electron chi connectivity index (χ2n) is 15.0. The average Bonchev–Trinajstić information content (AvgIpc) is 2.75. The molecule has 0 aliphatic carbocycles. The molecule has 0 radical (unpaired) electrons. The van der Waals surface area contributed by atoms with Crippen LogP contribution in [0.5, 0.6) is 0 Å². The SMILES string of the molecule is CN1C(C)(C)CC(C(CCCCCCCC(=O)[O-])(C(=O)[O-])C2CC(C)(C)N(C)C(C)(C)C2)CC1(C)C.O=S(=O)([O-])[O-]. The Morgan fingerprint density at radius 2 is 0.976 bits per heavy atom. The zero-order chi connectivity index (χ0) is 32.2. The van der Waals surface area contributed by atoms with E-state index < -0.39 is 27.8 Å². The van der Waals surface area contributed by atoms with E-state index in [9.17, 15) is 19.8 Å². The Morgan fingerprint density at radius 3 is 1.27 bits per heavy atom. The summed E-state index contributed by atoms with van der Waals surface area (Å²) in [5.41, 5.74) is -1.29. The molecule has 0 aromatic rings. The van der Waals surface area contributed by atoms with E-state index in [1.54, 1.807) is 0 Å². The molecule has 0 atom stereocenters. The smallest absolute Gasteiger partial charge is 0.0481 e. The first-order chi connectivity index (χ1) is 18.3. The van der Waals surface area contributed by atoms with E-state index >= 15 is 0 Å². The maximum Gasteiger partial charge on any atom is 0.0481 e. The van der Waals surface area contributed by atoms with Crippen LogP contribution in [0.4, 0.5) is 0 Å². The van der Waals surface area contributed by atoms with E-state index in [-0.39, 0.29) is 40.4 Å². The summed E-state index contributed by atoms with van der Waals surface area (Å²) in [5, 5.41) is 24.2. The van der Waals surface area contributed by atoms with Crippen molar-refractivity contribution >= 4 is 22.3 Å². The van der Waals surface area contributed by atoms with Crippen LogP contribution in [-0.2, 0) is 20.0 Å². The predicted molar refractivity (Wildman–Crippen MR) is 153 cm³/mol. The molecule has 0 N–H and O–H groups in total. The molecule has 2 saturated heterocycles. The third-order valence-electron chi connectivity index (χ3n) is 10.4. The van der Waals surface area contributed by atoms with Gasteiger partial charge in [0.1, 0.15) is 0 Å². The zero-order valence-electron chi connectivity index (χ0n) is 27.0. The van der Waals surface area contributed by atoms with Crippen LogP contribution in [0, 0.1) is 17.3 Å². The van der Waals surface area contributed by atoms with Gasteiger partial charge in [-0.05, 0) is 126 Å². The molecule has 0 saturated carbocycles. The maximum atomic E-state index is 13.5. The maximum absolute atomic E-state index is 13.5. The lowest BCUT2D eigenvalue weighted by molar-refractivity contribution is -0.330. The molecule has 11 heteroatoms. The van der Waals surface area contributed by atoms with Crippen LogP contribution < -0.4 is 10.2 Å². The number of carbonyl (C=O) groups excluding carboxylic acids is 2. The molecule has 0 amide bonds. The minimum Gasteiger partial charge on any atom is -0.759 e. The van der Waals surface area contributed by atoms with E-state index in [0.29, 0.717) is 12.8 Å². The molecule has 2 aliphatic heterocycles. The Kier molecular flexibility index (Phi) is 12.5. The first kappa shape index (κ1) is 37.8. The number of carbonyl (C=O) groups is 2. The summed E-state index contributed by atoms with van der Waals surface area (Å²) in [4.78, 5) is 29.0. The minimum atomic E-state index is -5.17. The van der Waals surface area contributed by atoms with E-state index in [2.05, 4.69) is 79.3 Å². The molecule has 0 aromatic carbocycles. The van der Waals surface area contributed by atoms with Gasteiger partial charge in [-0.2, -0.15) is 0 Å². The molecular formula is C30H54N2O8S-4. The Balaban J connectivity index is 0.00000154. The third kappa shape index (κ3) is 10.2. The topological polar surface area (TPSA) is 167 Å². The molecular weight excluding hydrogens is 548 g/mol. The molecule has 2 rings (SSSR count). The number of likely N-dealkylation sites (tertiary alicyclic amines) is 2. The summed E-state index contributed by atoms with van der Waals surface area (Å²) in [6.45, 7) is 18.0. The Morgan fingerprint density at radius 1 is 0.683 bits per heavy atom. The number of nitrogens with zero attached hydrogens (tertiary/aromatic N) is 2. The van der Waals surface area contributed by atoms with E-state index in [1.807, 2.05) is 0 Å². The van der Waals surface area contributed by atoms with Gasteiger partial charge in [0.15, 0.2) is 0 Å². The fourth-order valence-electron chi connectivity index (χ4n) is 7.87. The summed E-state index contributed by atoms with van der Waals surface area (Å²) >= 11 is 0. The van der Waals surface area contributed by atoms with E-state index in [4.69, 9.17) is 17.5 Å². The molecule has 242 valence electrons. The third-order valence-corrected chi connectivity index (χ3v) is 10.4. The van der Waals surface area contributed by atoms with E-state index in [1.165, 1.54) is 0 Å². The van der Waals surface area contributed by atoms with Gasteiger partial charge in [-0.3, -0.25) is 18.2 Å². The molecule has 41 heavy (non-hydrogen) atoms. The number of piperidine rings is 2. The quantitative estimate of drug-likeness (QED) is 0.195. The van der Waals surface area contributed by atoms with Crippen LogP contribution in [0.3, 0.4) is 0 Å². The predicted octanol–water partition coefficient (Wildman–Crippen LogP) is 2.66. The summed E-state index contributed by atoms with van der Waals surface area (Å²) in [6.07, 6.45) is 8.27. The van der Waals surface area contributed by atoms with Crippen molar-refractivity contribution in [1.82, 2.24) is 9.80 Å². The molecule has 10 nitrogen and oxygen atoms in total. The standard InChI is InChI=1S/C30H56N2O4.H2O4S/c1-26(2)18-22(19-27(3,4)31(26)9)30(25(35)36,17-15-13-11-12-14-16-24(33)34)23-20-28(5,6)32(10)29(7,8)21-23;1-5(2,3)4/h22-23H,11-21H2,1-10H3,(H,33,34)(H,35,36);(H2,1,2,3,4)/p-4. The first-order valence-corrected chi connectivity index (χ1v) is 16.2. The van der Waals surface area contributed by atoms with Crippen LogP contribution in [0.2, 0.25) is 0 Å². The van der Waals surface area contributed by atoms with Gasteiger partial charge in [-0.25, -0.2) is 0 Å². The van der Waals surface area contributed by atoms with Crippen molar-refractivity contribution in [2.45, 2.75) is 148 Å². The summed E-state index contributed by atoms with van der Waals surface area (Å²) in [6, 6.07) is 0. The minimum absolute atomic E-state index is 0.0433. The second kappa shape index (κ2) is 13.6. The first-order valence-electron chi connectivity index (χ1n) is 14.9. The lowest BCUT2D eigenvalue weighted by Gasteiger charge is -2.63. The lowest BCUT2D eigenvalue weighted by Crippen LogP contribution is -2.67. The molecule has 0 bridgehead atoms. The lowest BCUT2D eigenvalue weighted by atomic mass is 9.52. The Hall–Kier alpha value is -1.27. The summed E-state index contributed by atoms with van der Waals surface area (Å²) in [5.74, 6) is -1.77. The highest BCUT2D eigenvalue weighted by Gasteiger charge is 2.57. The van der Waals surface area contributed by atoms with Gasteiger partial charge in [-0.15, -0.1) is 0 Å². The molecule has 2 heterocycles. The molecule has 0 aromatic heterocycles. The fourth-order valence-corrected chi connectivity index (χ4v) is 7.87. The summed E-state index contributed by atoms with van der Waals surface area (Å²) < 4.78 is 34.1. The number of unbranched alkanes of at least 4 members (excludes halogenated alkanes) is 4. The average molecular weight is 603 g/mol. The molecule has 2 aliphatic rings. The Labute approximate surface area is 248 Å². The van der Waals surface area contributed by atoms with Gasteiger partial charge >= 0.3 is 0 Å².